The number of aliphatic hydroxyl groups excluding tert-OH is 1. The quantitative estimate of drug-likeness (QED) is 0.475. The van der Waals surface area contributed by atoms with Crippen LogP contribution in [0.5, 0.6) is 0 Å². The van der Waals surface area contributed by atoms with Crippen molar-refractivity contribution in [2.45, 2.75) is 31.9 Å². The summed E-state index contributed by atoms with van der Waals surface area (Å²) in [5, 5.41) is 17.0. The number of aliphatic hydroxyl groups is 1. The number of pyridine rings is 1. The van der Waals surface area contributed by atoms with Crippen LogP contribution in [0.15, 0.2) is 29.5 Å². The number of aromatic nitrogens is 1. The molecule has 0 bridgehead atoms. The van der Waals surface area contributed by atoms with E-state index in [1.165, 1.54) is 0 Å². The summed E-state index contributed by atoms with van der Waals surface area (Å²) in [5.74, 6) is 0.769. The molecule has 1 aromatic heterocycles. The number of hydrogen-bond donors (Lipinski definition) is 3. The molecule has 0 amide bonds. The van der Waals surface area contributed by atoms with E-state index in [4.69, 9.17) is 4.74 Å². The number of guanidine groups is 1. The predicted molar refractivity (Wildman–Crippen MR) is 99.6 cm³/mol. The van der Waals surface area contributed by atoms with Gasteiger partial charge in [-0.1, -0.05) is 0 Å². The van der Waals surface area contributed by atoms with Crippen LogP contribution in [0.3, 0.4) is 0 Å². The number of nitrogens with zero attached hydrogens (tertiary/aromatic N) is 3. The average Bonchev–Trinajstić information content (AvgIpc) is 2.66. The molecule has 3 N–H and O–H groups in total. The molecular formula is C18H31N5O2. The zero-order valence-electron chi connectivity index (χ0n) is 15.3. The first-order chi connectivity index (χ1) is 12.2. The van der Waals surface area contributed by atoms with E-state index in [0.717, 1.165) is 57.2 Å². The standard InChI is InChI=1S/C18H31N5O2/c1-3-20-18(21-14-17(24)15-4-8-19-9-5-15)22-16-6-10-23(11-7-16)12-13-25-2/h4-5,8-9,16-17,24H,3,6-7,10-14H2,1-2H3,(H2,20,21,22). The average molecular weight is 349 g/mol. The van der Waals surface area contributed by atoms with Crippen LogP contribution in [-0.2, 0) is 4.74 Å². The Morgan fingerprint density at radius 2 is 2.12 bits per heavy atom. The van der Waals surface area contributed by atoms with Crippen LogP contribution in [0.25, 0.3) is 0 Å². The molecule has 1 aromatic rings. The van der Waals surface area contributed by atoms with Crippen molar-refractivity contribution in [3.05, 3.63) is 30.1 Å². The molecular weight excluding hydrogens is 318 g/mol. The maximum absolute atomic E-state index is 10.3. The van der Waals surface area contributed by atoms with Crippen LogP contribution in [-0.4, -0.2) is 73.4 Å². The molecule has 0 radical (unpaired) electrons. The first kappa shape index (κ1) is 19.6. The number of ether oxygens (including phenoxy) is 1. The smallest absolute Gasteiger partial charge is 0.191 e. The van der Waals surface area contributed by atoms with E-state index in [9.17, 15) is 5.11 Å². The van der Waals surface area contributed by atoms with E-state index < -0.39 is 6.10 Å². The summed E-state index contributed by atoms with van der Waals surface area (Å²) in [6.07, 6.45) is 4.92. The summed E-state index contributed by atoms with van der Waals surface area (Å²) in [7, 11) is 1.74. The highest BCUT2D eigenvalue weighted by Gasteiger charge is 2.19. The maximum Gasteiger partial charge on any atom is 0.191 e. The summed E-state index contributed by atoms with van der Waals surface area (Å²) in [5.41, 5.74) is 0.834. The summed E-state index contributed by atoms with van der Waals surface area (Å²) >= 11 is 0. The minimum atomic E-state index is -0.616. The molecule has 1 fully saturated rings. The molecule has 7 heteroatoms. The molecule has 1 atom stereocenters. The van der Waals surface area contributed by atoms with Crippen LogP contribution in [0.1, 0.15) is 31.4 Å². The SMILES string of the molecule is CCNC(=NCC(O)c1ccncc1)NC1CCN(CCOC)CC1. The number of nitrogens with one attached hydrogen (secondary N) is 2. The highest BCUT2D eigenvalue weighted by Crippen LogP contribution is 2.12. The van der Waals surface area contributed by atoms with Gasteiger partial charge in [0.15, 0.2) is 5.96 Å². The van der Waals surface area contributed by atoms with E-state index in [1.807, 2.05) is 19.1 Å². The van der Waals surface area contributed by atoms with Gasteiger partial charge >= 0.3 is 0 Å². The molecule has 1 aliphatic rings. The van der Waals surface area contributed by atoms with Crippen LogP contribution in [0.2, 0.25) is 0 Å². The number of aliphatic imine (C=N–C) groups is 1. The molecule has 0 aromatic carbocycles. The van der Waals surface area contributed by atoms with Crippen molar-refractivity contribution in [3.63, 3.8) is 0 Å². The molecule has 1 saturated heterocycles. The lowest BCUT2D eigenvalue weighted by molar-refractivity contribution is 0.128. The molecule has 0 spiro atoms. The van der Waals surface area contributed by atoms with Crippen LogP contribution < -0.4 is 10.6 Å². The van der Waals surface area contributed by atoms with Gasteiger partial charge < -0.3 is 25.4 Å². The van der Waals surface area contributed by atoms with E-state index in [1.54, 1.807) is 19.5 Å². The topological polar surface area (TPSA) is 82.0 Å². The second-order valence-corrected chi connectivity index (χ2v) is 6.27. The van der Waals surface area contributed by atoms with Gasteiger partial charge in [-0.05, 0) is 37.5 Å². The number of hydrogen-bond acceptors (Lipinski definition) is 5. The van der Waals surface area contributed by atoms with Gasteiger partial charge in [0.25, 0.3) is 0 Å². The monoisotopic (exact) mass is 349 g/mol. The minimum absolute atomic E-state index is 0.325. The Bertz CT molecular complexity index is 503. The number of piperidine rings is 1. The first-order valence-corrected chi connectivity index (χ1v) is 9.07. The summed E-state index contributed by atoms with van der Waals surface area (Å²) in [4.78, 5) is 10.9. The zero-order valence-corrected chi connectivity index (χ0v) is 15.3. The lowest BCUT2D eigenvalue weighted by Crippen LogP contribution is -2.49. The third-order valence-electron chi connectivity index (χ3n) is 4.40. The second kappa shape index (κ2) is 11.0. The lowest BCUT2D eigenvalue weighted by atomic mass is 10.1. The molecule has 140 valence electrons. The normalized spacial score (nSPS) is 18.1. The van der Waals surface area contributed by atoms with Crippen molar-refractivity contribution in [1.29, 1.82) is 0 Å². The Kier molecular flexibility index (Phi) is 8.65. The van der Waals surface area contributed by atoms with Crippen molar-refractivity contribution in [2.75, 3.05) is 46.4 Å². The fraction of sp³-hybridized carbons (Fsp3) is 0.667. The van der Waals surface area contributed by atoms with Gasteiger partial charge in [-0.3, -0.25) is 9.98 Å². The van der Waals surface area contributed by atoms with Crippen molar-refractivity contribution in [3.8, 4) is 0 Å². The lowest BCUT2D eigenvalue weighted by Gasteiger charge is -2.32. The Hall–Kier alpha value is -1.70. The van der Waals surface area contributed by atoms with E-state index in [2.05, 4.69) is 25.5 Å². The molecule has 0 saturated carbocycles. The Morgan fingerprint density at radius 3 is 2.76 bits per heavy atom. The van der Waals surface area contributed by atoms with Crippen molar-refractivity contribution < 1.29 is 9.84 Å². The second-order valence-electron chi connectivity index (χ2n) is 6.27. The molecule has 1 aliphatic heterocycles. The maximum atomic E-state index is 10.3. The number of likely N-dealkylation sites (tertiary alicyclic amines) is 1. The largest absolute Gasteiger partial charge is 0.386 e. The van der Waals surface area contributed by atoms with E-state index >= 15 is 0 Å². The van der Waals surface area contributed by atoms with Crippen LogP contribution >= 0.6 is 0 Å². The first-order valence-electron chi connectivity index (χ1n) is 9.07. The van der Waals surface area contributed by atoms with Crippen LogP contribution in [0, 0.1) is 0 Å². The molecule has 2 rings (SSSR count). The number of rotatable bonds is 8. The van der Waals surface area contributed by atoms with Crippen LogP contribution in [0.4, 0.5) is 0 Å². The van der Waals surface area contributed by atoms with Gasteiger partial charge in [-0.2, -0.15) is 0 Å². The van der Waals surface area contributed by atoms with Gasteiger partial charge in [0.05, 0.1) is 19.3 Å². The highest BCUT2D eigenvalue weighted by atomic mass is 16.5. The van der Waals surface area contributed by atoms with E-state index in [0.29, 0.717) is 12.6 Å². The van der Waals surface area contributed by atoms with Gasteiger partial charge in [0.2, 0.25) is 0 Å². The fourth-order valence-corrected chi connectivity index (χ4v) is 2.90. The van der Waals surface area contributed by atoms with Gasteiger partial charge in [0, 0.05) is 51.7 Å². The third kappa shape index (κ3) is 6.97. The molecule has 7 nitrogen and oxygen atoms in total. The fourth-order valence-electron chi connectivity index (χ4n) is 2.90. The molecule has 25 heavy (non-hydrogen) atoms. The summed E-state index contributed by atoms with van der Waals surface area (Å²) < 4.78 is 5.14. The van der Waals surface area contributed by atoms with Gasteiger partial charge in [0.1, 0.15) is 0 Å². The molecule has 0 aliphatic carbocycles. The predicted octanol–water partition coefficient (Wildman–Crippen LogP) is 0.781. The Labute approximate surface area is 150 Å². The third-order valence-corrected chi connectivity index (χ3v) is 4.40. The number of methoxy groups -OCH3 is 1. The summed E-state index contributed by atoms with van der Waals surface area (Å²) in [6.45, 7) is 7.09. The Morgan fingerprint density at radius 1 is 1.40 bits per heavy atom. The summed E-state index contributed by atoms with van der Waals surface area (Å²) in [6, 6.07) is 4.04. The molecule has 2 heterocycles. The Balaban J connectivity index is 1.82. The molecule has 1 unspecified atom stereocenters. The van der Waals surface area contributed by atoms with Crippen molar-refractivity contribution in [1.82, 2.24) is 20.5 Å². The van der Waals surface area contributed by atoms with Crippen molar-refractivity contribution >= 4 is 5.96 Å². The van der Waals surface area contributed by atoms with E-state index in [-0.39, 0.29) is 0 Å². The van der Waals surface area contributed by atoms with Gasteiger partial charge in [-0.15, -0.1) is 0 Å². The van der Waals surface area contributed by atoms with Gasteiger partial charge in [-0.25, -0.2) is 0 Å². The zero-order chi connectivity index (χ0) is 17.9. The minimum Gasteiger partial charge on any atom is -0.386 e. The highest BCUT2D eigenvalue weighted by molar-refractivity contribution is 5.80. The van der Waals surface area contributed by atoms with Crippen molar-refractivity contribution in [2.24, 2.45) is 4.99 Å².